The van der Waals surface area contributed by atoms with Gasteiger partial charge in [0.2, 0.25) is 17.7 Å². The second kappa shape index (κ2) is 4.73. The molecule has 1 aliphatic rings. The zero-order valence-corrected chi connectivity index (χ0v) is 8.51. The summed E-state index contributed by atoms with van der Waals surface area (Å²) < 4.78 is 0. The van der Waals surface area contributed by atoms with Gasteiger partial charge in [-0.05, 0) is 6.42 Å². The maximum absolute atomic E-state index is 11.3. The second-order valence-corrected chi connectivity index (χ2v) is 3.52. The molecule has 1 rings (SSSR count). The van der Waals surface area contributed by atoms with Crippen LogP contribution in [0.15, 0.2) is 0 Å². The predicted octanol–water partition coefficient (Wildman–Crippen LogP) is -1.15. The molecular formula is C9H12N2O5. The molecule has 0 aliphatic carbocycles. The topological polar surface area (TPSA) is 118 Å². The first-order valence-electron chi connectivity index (χ1n) is 4.79. The van der Waals surface area contributed by atoms with Crippen LogP contribution in [0.5, 0.6) is 0 Å². The Hall–Kier alpha value is -1.92. The fraction of sp³-hybridized carbons (Fsp3) is 0.556. The Morgan fingerprint density at radius 3 is 2.19 bits per heavy atom. The fourth-order valence-electron chi connectivity index (χ4n) is 1.58. The molecule has 1 fully saturated rings. The smallest absolute Gasteiger partial charge is 0.326 e. The Bertz CT molecular complexity index is 336. The molecule has 7 nitrogen and oxygen atoms in total. The van der Waals surface area contributed by atoms with Crippen LogP contribution >= 0.6 is 0 Å². The average molecular weight is 228 g/mol. The molecule has 88 valence electrons. The van der Waals surface area contributed by atoms with Crippen molar-refractivity contribution in [1.29, 1.82) is 0 Å². The van der Waals surface area contributed by atoms with Crippen molar-refractivity contribution in [3.63, 3.8) is 0 Å². The summed E-state index contributed by atoms with van der Waals surface area (Å²) in [6.45, 7) is 0. The molecule has 16 heavy (non-hydrogen) atoms. The molecule has 1 heterocycles. The number of hydrogen-bond donors (Lipinski definition) is 2. The van der Waals surface area contributed by atoms with Gasteiger partial charge in [-0.25, -0.2) is 4.79 Å². The van der Waals surface area contributed by atoms with Crippen molar-refractivity contribution in [2.45, 2.75) is 31.7 Å². The van der Waals surface area contributed by atoms with Gasteiger partial charge in [-0.15, -0.1) is 0 Å². The van der Waals surface area contributed by atoms with E-state index in [0.717, 1.165) is 0 Å². The summed E-state index contributed by atoms with van der Waals surface area (Å²) in [5.74, 6) is -2.99. The zero-order chi connectivity index (χ0) is 12.3. The van der Waals surface area contributed by atoms with E-state index in [1.54, 1.807) is 0 Å². The third kappa shape index (κ3) is 2.56. The van der Waals surface area contributed by atoms with Crippen molar-refractivity contribution >= 4 is 23.7 Å². The van der Waals surface area contributed by atoms with Crippen molar-refractivity contribution in [3.05, 3.63) is 0 Å². The lowest BCUT2D eigenvalue weighted by molar-refractivity contribution is -0.154. The molecule has 1 atom stereocenters. The van der Waals surface area contributed by atoms with E-state index in [-0.39, 0.29) is 25.7 Å². The summed E-state index contributed by atoms with van der Waals surface area (Å²) in [5.41, 5.74) is 4.89. The molecule has 3 amide bonds. The summed E-state index contributed by atoms with van der Waals surface area (Å²) in [6, 6.07) is -1.28. The molecule has 0 aromatic carbocycles. The van der Waals surface area contributed by atoms with Crippen LogP contribution in [0.1, 0.15) is 25.7 Å². The highest BCUT2D eigenvalue weighted by Gasteiger charge is 2.38. The van der Waals surface area contributed by atoms with Gasteiger partial charge in [0.1, 0.15) is 6.04 Å². The van der Waals surface area contributed by atoms with Crippen LogP contribution < -0.4 is 5.73 Å². The number of carbonyl (C=O) groups excluding carboxylic acids is 3. The number of amides is 3. The van der Waals surface area contributed by atoms with Gasteiger partial charge < -0.3 is 10.8 Å². The molecule has 0 bridgehead atoms. The number of imide groups is 1. The van der Waals surface area contributed by atoms with Gasteiger partial charge in [-0.1, -0.05) is 0 Å². The number of aliphatic carboxylic acids is 1. The van der Waals surface area contributed by atoms with Crippen molar-refractivity contribution in [3.8, 4) is 0 Å². The first kappa shape index (κ1) is 12.2. The quantitative estimate of drug-likeness (QED) is 0.576. The van der Waals surface area contributed by atoms with Gasteiger partial charge in [0.25, 0.3) is 0 Å². The van der Waals surface area contributed by atoms with E-state index >= 15 is 0 Å². The minimum absolute atomic E-state index is 0.0270. The average Bonchev–Trinajstić information content (AvgIpc) is 2.48. The number of carboxylic acid groups (broad SMARTS) is 1. The maximum Gasteiger partial charge on any atom is 0.326 e. The molecule has 0 spiro atoms. The van der Waals surface area contributed by atoms with Crippen molar-refractivity contribution in [2.75, 3.05) is 0 Å². The first-order chi connectivity index (χ1) is 7.43. The van der Waals surface area contributed by atoms with E-state index < -0.39 is 29.7 Å². The van der Waals surface area contributed by atoms with Crippen molar-refractivity contribution in [1.82, 2.24) is 4.90 Å². The van der Waals surface area contributed by atoms with E-state index in [9.17, 15) is 19.2 Å². The Balaban J connectivity index is 2.76. The maximum atomic E-state index is 11.3. The number of carbonyl (C=O) groups is 4. The van der Waals surface area contributed by atoms with Crippen LogP contribution in [0.25, 0.3) is 0 Å². The monoisotopic (exact) mass is 228 g/mol. The molecule has 0 unspecified atom stereocenters. The predicted molar refractivity (Wildman–Crippen MR) is 50.9 cm³/mol. The van der Waals surface area contributed by atoms with E-state index in [0.29, 0.717) is 4.90 Å². The number of primary amides is 1. The SMILES string of the molecule is NC(=O)CC[C@@H](C(=O)O)N1C(=O)CCC1=O. The molecule has 3 N–H and O–H groups in total. The number of nitrogens with zero attached hydrogens (tertiary/aromatic N) is 1. The lowest BCUT2D eigenvalue weighted by atomic mass is 10.1. The number of nitrogens with two attached hydrogens (primary N) is 1. The molecule has 0 radical (unpaired) electrons. The van der Waals surface area contributed by atoms with Crippen LogP contribution in [0.3, 0.4) is 0 Å². The van der Waals surface area contributed by atoms with Crippen LogP contribution in [0, 0.1) is 0 Å². The third-order valence-electron chi connectivity index (χ3n) is 2.35. The van der Waals surface area contributed by atoms with Gasteiger partial charge in [0.15, 0.2) is 0 Å². The lowest BCUT2D eigenvalue weighted by Gasteiger charge is -2.21. The highest BCUT2D eigenvalue weighted by Crippen LogP contribution is 2.18. The van der Waals surface area contributed by atoms with Gasteiger partial charge in [-0.2, -0.15) is 0 Å². The summed E-state index contributed by atoms with van der Waals surface area (Å²) in [5, 5.41) is 8.88. The summed E-state index contributed by atoms with van der Waals surface area (Å²) in [6.07, 6.45) is -0.255. The van der Waals surface area contributed by atoms with E-state index in [4.69, 9.17) is 10.8 Å². The Morgan fingerprint density at radius 2 is 1.81 bits per heavy atom. The van der Waals surface area contributed by atoms with Crippen molar-refractivity contribution < 1.29 is 24.3 Å². The first-order valence-corrected chi connectivity index (χ1v) is 4.79. The molecule has 0 aromatic heterocycles. The van der Waals surface area contributed by atoms with E-state index in [1.807, 2.05) is 0 Å². The fourth-order valence-corrected chi connectivity index (χ4v) is 1.58. The molecule has 0 aromatic rings. The van der Waals surface area contributed by atoms with Gasteiger partial charge in [-0.3, -0.25) is 19.3 Å². The van der Waals surface area contributed by atoms with Crippen LogP contribution in [0.4, 0.5) is 0 Å². The highest BCUT2D eigenvalue weighted by atomic mass is 16.4. The Kier molecular flexibility index (Phi) is 3.60. The molecule has 1 aliphatic heterocycles. The van der Waals surface area contributed by atoms with E-state index in [1.165, 1.54) is 0 Å². The minimum atomic E-state index is -1.30. The van der Waals surface area contributed by atoms with Gasteiger partial charge in [0.05, 0.1) is 0 Å². The van der Waals surface area contributed by atoms with E-state index in [2.05, 4.69) is 0 Å². The largest absolute Gasteiger partial charge is 0.480 e. The summed E-state index contributed by atoms with van der Waals surface area (Å²) in [7, 11) is 0. The highest BCUT2D eigenvalue weighted by molar-refractivity contribution is 6.04. The molecule has 7 heteroatoms. The lowest BCUT2D eigenvalue weighted by Crippen LogP contribution is -2.44. The normalized spacial score (nSPS) is 17.6. The molecular weight excluding hydrogens is 216 g/mol. The summed E-state index contributed by atoms with van der Waals surface area (Å²) >= 11 is 0. The van der Waals surface area contributed by atoms with Crippen LogP contribution in [-0.4, -0.2) is 39.7 Å². The third-order valence-corrected chi connectivity index (χ3v) is 2.35. The van der Waals surface area contributed by atoms with Crippen molar-refractivity contribution in [2.24, 2.45) is 5.73 Å². The Morgan fingerprint density at radius 1 is 1.31 bits per heavy atom. The minimum Gasteiger partial charge on any atom is -0.480 e. The summed E-state index contributed by atoms with van der Waals surface area (Å²) in [4.78, 5) is 44.8. The van der Waals surface area contributed by atoms with Crippen LogP contribution in [-0.2, 0) is 19.2 Å². The standard InChI is InChI=1S/C9H12N2O5/c10-6(12)2-1-5(9(15)16)11-7(13)3-4-8(11)14/h5H,1-4H2,(H2,10,12)(H,15,16)/t5-/m0/s1. The number of rotatable bonds is 5. The molecule has 0 saturated carbocycles. The van der Waals surface area contributed by atoms with Crippen LogP contribution in [0.2, 0.25) is 0 Å². The second-order valence-electron chi connectivity index (χ2n) is 3.52. The van der Waals surface area contributed by atoms with Gasteiger partial charge in [0, 0.05) is 19.3 Å². The molecule has 1 saturated heterocycles. The number of likely N-dealkylation sites (tertiary alicyclic amines) is 1. The zero-order valence-electron chi connectivity index (χ0n) is 8.51. The number of carboxylic acids is 1. The Labute approximate surface area is 91.2 Å². The van der Waals surface area contributed by atoms with Gasteiger partial charge >= 0.3 is 5.97 Å². The number of hydrogen-bond acceptors (Lipinski definition) is 4.